The topological polar surface area (TPSA) is 57.6 Å². The fourth-order valence-corrected chi connectivity index (χ4v) is 1.50. The molecule has 5 heteroatoms. The zero-order valence-electron chi connectivity index (χ0n) is 7.94. The zero-order valence-corrected chi connectivity index (χ0v) is 8.76. The van der Waals surface area contributed by atoms with Crippen LogP contribution in [-0.2, 0) is 9.84 Å². The Bertz CT molecular complexity index is 236. The summed E-state index contributed by atoms with van der Waals surface area (Å²) in [5, 5.41) is 8.67. The Morgan fingerprint density at radius 2 is 2.08 bits per heavy atom. The summed E-state index contributed by atoms with van der Waals surface area (Å²) in [6.45, 7) is 5.14. The first-order valence-electron chi connectivity index (χ1n) is 4.11. The molecule has 0 aromatic rings. The van der Waals surface area contributed by atoms with Crippen LogP contribution in [0.15, 0.2) is 12.7 Å². The fraction of sp³-hybridized carbons (Fsp3) is 0.750. The SMILES string of the molecule is C=CCN(CCO)CCS(C)(=O)=O. The van der Waals surface area contributed by atoms with Crippen LogP contribution < -0.4 is 0 Å². The van der Waals surface area contributed by atoms with Gasteiger partial charge in [-0.3, -0.25) is 4.90 Å². The summed E-state index contributed by atoms with van der Waals surface area (Å²) in [5.74, 6) is 0.126. The normalized spacial score (nSPS) is 11.9. The summed E-state index contributed by atoms with van der Waals surface area (Å²) in [5.41, 5.74) is 0. The van der Waals surface area contributed by atoms with Gasteiger partial charge in [0.05, 0.1) is 12.4 Å². The Labute approximate surface area is 79.8 Å². The number of aliphatic hydroxyl groups excluding tert-OH is 1. The first kappa shape index (κ1) is 12.6. The van der Waals surface area contributed by atoms with Gasteiger partial charge in [0, 0.05) is 25.9 Å². The Balaban J connectivity index is 3.88. The number of hydrogen-bond acceptors (Lipinski definition) is 4. The molecule has 1 N–H and O–H groups in total. The molecule has 0 aromatic carbocycles. The van der Waals surface area contributed by atoms with E-state index in [-0.39, 0.29) is 12.4 Å². The standard InChI is InChI=1S/C8H17NO3S/c1-3-4-9(5-7-10)6-8-13(2,11)12/h3,10H,1,4-8H2,2H3. The van der Waals surface area contributed by atoms with Gasteiger partial charge in [0.2, 0.25) is 0 Å². The highest BCUT2D eigenvalue weighted by molar-refractivity contribution is 7.90. The van der Waals surface area contributed by atoms with Gasteiger partial charge in [-0.1, -0.05) is 6.08 Å². The molecule has 0 heterocycles. The lowest BCUT2D eigenvalue weighted by Gasteiger charge is -2.18. The average Bonchev–Trinajstić information content (AvgIpc) is 2.00. The minimum atomic E-state index is -2.91. The summed E-state index contributed by atoms with van der Waals surface area (Å²) in [7, 11) is -2.91. The van der Waals surface area contributed by atoms with Crippen molar-refractivity contribution in [2.75, 3.05) is 38.2 Å². The van der Waals surface area contributed by atoms with Gasteiger partial charge in [-0.25, -0.2) is 8.42 Å². The number of nitrogens with zero attached hydrogens (tertiary/aromatic N) is 1. The number of sulfone groups is 1. The maximum Gasteiger partial charge on any atom is 0.148 e. The predicted octanol–water partition coefficient (Wildman–Crippen LogP) is -0.489. The van der Waals surface area contributed by atoms with Crippen LogP contribution in [0, 0.1) is 0 Å². The van der Waals surface area contributed by atoms with Crippen molar-refractivity contribution in [1.82, 2.24) is 4.90 Å². The third-order valence-electron chi connectivity index (χ3n) is 1.58. The Morgan fingerprint density at radius 3 is 2.46 bits per heavy atom. The molecular formula is C8H17NO3S. The van der Waals surface area contributed by atoms with Crippen LogP contribution in [0.4, 0.5) is 0 Å². The van der Waals surface area contributed by atoms with Crippen molar-refractivity contribution in [3.05, 3.63) is 12.7 Å². The van der Waals surface area contributed by atoms with E-state index in [2.05, 4.69) is 6.58 Å². The van der Waals surface area contributed by atoms with E-state index in [1.54, 1.807) is 6.08 Å². The Kier molecular flexibility index (Phi) is 5.94. The summed E-state index contributed by atoms with van der Waals surface area (Å²) in [6.07, 6.45) is 2.90. The van der Waals surface area contributed by atoms with Crippen LogP contribution >= 0.6 is 0 Å². The molecule has 0 saturated heterocycles. The van der Waals surface area contributed by atoms with Crippen molar-refractivity contribution < 1.29 is 13.5 Å². The van der Waals surface area contributed by atoms with Gasteiger partial charge < -0.3 is 5.11 Å². The largest absolute Gasteiger partial charge is 0.395 e. The first-order valence-corrected chi connectivity index (χ1v) is 6.17. The van der Waals surface area contributed by atoms with Crippen molar-refractivity contribution in [1.29, 1.82) is 0 Å². The Hall–Kier alpha value is -0.390. The molecule has 0 aliphatic carbocycles. The predicted molar refractivity (Wildman–Crippen MR) is 53.4 cm³/mol. The highest BCUT2D eigenvalue weighted by Crippen LogP contribution is 1.91. The highest BCUT2D eigenvalue weighted by atomic mass is 32.2. The fourth-order valence-electron chi connectivity index (χ4n) is 0.913. The van der Waals surface area contributed by atoms with Gasteiger partial charge in [-0.05, 0) is 0 Å². The van der Waals surface area contributed by atoms with Crippen molar-refractivity contribution in [2.45, 2.75) is 0 Å². The van der Waals surface area contributed by atoms with Crippen LogP contribution in [0.5, 0.6) is 0 Å². The second-order valence-corrected chi connectivity index (χ2v) is 5.20. The quantitative estimate of drug-likeness (QED) is 0.572. The monoisotopic (exact) mass is 207 g/mol. The third kappa shape index (κ3) is 7.95. The summed E-state index contributed by atoms with van der Waals surface area (Å²) in [6, 6.07) is 0. The van der Waals surface area contributed by atoms with E-state index < -0.39 is 9.84 Å². The second-order valence-electron chi connectivity index (χ2n) is 2.94. The molecule has 0 aromatic heterocycles. The van der Waals surface area contributed by atoms with Gasteiger partial charge in [0.15, 0.2) is 0 Å². The molecule has 0 aliphatic heterocycles. The molecule has 0 unspecified atom stereocenters. The second kappa shape index (κ2) is 6.12. The lowest BCUT2D eigenvalue weighted by atomic mass is 10.4. The zero-order chi connectivity index (χ0) is 10.3. The minimum Gasteiger partial charge on any atom is -0.395 e. The van der Waals surface area contributed by atoms with E-state index in [0.717, 1.165) is 0 Å². The molecule has 0 spiro atoms. The number of hydrogen-bond donors (Lipinski definition) is 1. The van der Waals surface area contributed by atoms with Crippen LogP contribution in [0.3, 0.4) is 0 Å². The molecular weight excluding hydrogens is 190 g/mol. The number of aliphatic hydroxyl groups is 1. The van der Waals surface area contributed by atoms with E-state index in [1.165, 1.54) is 6.26 Å². The molecule has 0 aliphatic rings. The molecule has 0 radical (unpaired) electrons. The molecule has 0 fully saturated rings. The van der Waals surface area contributed by atoms with Gasteiger partial charge in [-0.15, -0.1) is 6.58 Å². The Morgan fingerprint density at radius 1 is 1.46 bits per heavy atom. The van der Waals surface area contributed by atoms with Crippen molar-refractivity contribution in [3.8, 4) is 0 Å². The van der Waals surface area contributed by atoms with Crippen LogP contribution in [0.2, 0.25) is 0 Å². The van der Waals surface area contributed by atoms with Crippen LogP contribution in [0.1, 0.15) is 0 Å². The molecule has 0 amide bonds. The van der Waals surface area contributed by atoms with Gasteiger partial charge in [-0.2, -0.15) is 0 Å². The summed E-state index contributed by atoms with van der Waals surface area (Å²) < 4.78 is 21.7. The van der Waals surface area contributed by atoms with Gasteiger partial charge >= 0.3 is 0 Å². The molecule has 0 atom stereocenters. The van der Waals surface area contributed by atoms with Crippen LogP contribution in [0.25, 0.3) is 0 Å². The van der Waals surface area contributed by atoms with E-state index in [1.807, 2.05) is 4.90 Å². The van der Waals surface area contributed by atoms with E-state index in [9.17, 15) is 8.42 Å². The molecule has 0 saturated carbocycles. The highest BCUT2D eigenvalue weighted by Gasteiger charge is 2.06. The van der Waals surface area contributed by atoms with Gasteiger partial charge in [0.25, 0.3) is 0 Å². The molecule has 78 valence electrons. The maximum atomic E-state index is 10.8. The molecule has 4 nitrogen and oxygen atoms in total. The van der Waals surface area contributed by atoms with E-state index in [4.69, 9.17) is 5.11 Å². The van der Waals surface area contributed by atoms with Crippen molar-refractivity contribution in [3.63, 3.8) is 0 Å². The lowest BCUT2D eigenvalue weighted by molar-refractivity contribution is 0.215. The smallest absolute Gasteiger partial charge is 0.148 e. The first-order chi connectivity index (χ1) is 5.99. The van der Waals surface area contributed by atoms with Crippen molar-refractivity contribution >= 4 is 9.84 Å². The lowest BCUT2D eigenvalue weighted by Crippen LogP contribution is -2.31. The van der Waals surface area contributed by atoms with E-state index >= 15 is 0 Å². The maximum absolute atomic E-state index is 10.8. The molecule has 0 rings (SSSR count). The van der Waals surface area contributed by atoms with Crippen LogP contribution in [-0.4, -0.2) is 56.7 Å². The third-order valence-corrected chi connectivity index (χ3v) is 2.51. The average molecular weight is 207 g/mol. The summed E-state index contributed by atoms with van der Waals surface area (Å²) >= 11 is 0. The summed E-state index contributed by atoms with van der Waals surface area (Å²) in [4.78, 5) is 1.84. The molecule has 13 heavy (non-hydrogen) atoms. The molecule has 0 bridgehead atoms. The number of rotatable bonds is 7. The van der Waals surface area contributed by atoms with Crippen molar-refractivity contribution in [2.24, 2.45) is 0 Å². The van der Waals surface area contributed by atoms with E-state index in [0.29, 0.717) is 19.6 Å². The minimum absolute atomic E-state index is 0.0393. The van der Waals surface area contributed by atoms with Gasteiger partial charge in [0.1, 0.15) is 9.84 Å².